The van der Waals surface area contributed by atoms with E-state index in [1.165, 1.54) is 6.07 Å². The number of hydrogen-bond donors (Lipinski definition) is 2. The lowest BCUT2D eigenvalue weighted by atomic mass is 10.1. The fourth-order valence-corrected chi connectivity index (χ4v) is 2.44. The zero-order valence-electron chi connectivity index (χ0n) is 13.7. The lowest BCUT2D eigenvalue weighted by molar-refractivity contribution is -0.384. The zero-order valence-corrected chi connectivity index (χ0v) is 13.7. The number of hydrogen-bond acceptors (Lipinski definition) is 6. The number of carbonyl (C=O) groups excluding carboxylic acids is 2. The molecule has 1 amide bonds. The predicted octanol–water partition coefficient (Wildman–Crippen LogP) is 2.19. The van der Waals surface area contributed by atoms with Gasteiger partial charge in [0.15, 0.2) is 0 Å². The van der Waals surface area contributed by atoms with E-state index in [-0.39, 0.29) is 23.4 Å². The molecule has 0 fully saturated rings. The summed E-state index contributed by atoms with van der Waals surface area (Å²) in [5.41, 5.74) is 1.13. The number of H-pyrrole nitrogens is 1. The van der Waals surface area contributed by atoms with Crippen LogP contribution in [0.5, 0.6) is 0 Å². The third kappa shape index (κ3) is 3.51. The summed E-state index contributed by atoms with van der Waals surface area (Å²) in [5.74, 6) is -0.794. The average molecular weight is 354 g/mol. The van der Waals surface area contributed by atoms with E-state index in [1.54, 1.807) is 0 Å². The number of amides is 1. The monoisotopic (exact) mass is 354 g/mol. The Morgan fingerprint density at radius 2 is 1.96 bits per heavy atom. The van der Waals surface area contributed by atoms with Crippen molar-refractivity contribution in [3.05, 3.63) is 69.5 Å². The lowest BCUT2D eigenvalue weighted by Crippen LogP contribution is -2.24. The molecule has 0 radical (unpaired) electrons. The minimum absolute atomic E-state index is 0.0179. The van der Waals surface area contributed by atoms with Crippen molar-refractivity contribution >= 4 is 28.6 Å². The number of carbonyl (C=O) groups is 2. The molecule has 1 aromatic heterocycles. The number of nitrogens with one attached hydrogen (secondary N) is 2. The van der Waals surface area contributed by atoms with E-state index >= 15 is 0 Å². The highest BCUT2D eigenvalue weighted by Gasteiger charge is 2.18. The van der Waals surface area contributed by atoms with Crippen molar-refractivity contribution in [3.8, 4) is 0 Å². The molecule has 0 aliphatic carbocycles. The summed E-state index contributed by atoms with van der Waals surface area (Å²) in [6.45, 7) is 0.101. The first kappa shape index (κ1) is 17.1. The fraction of sp³-hybridized carbons (Fsp3) is 0.118. The van der Waals surface area contributed by atoms with Gasteiger partial charge in [-0.05, 0) is 18.2 Å². The van der Waals surface area contributed by atoms with Gasteiger partial charge in [-0.2, -0.15) is 0 Å². The van der Waals surface area contributed by atoms with E-state index in [0.717, 1.165) is 30.3 Å². The topological polar surface area (TPSA) is 127 Å². The Labute approximate surface area is 147 Å². The van der Waals surface area contributed by atoms with Crippen LogP contribution < -0.4 is 5.32 Å². The summed E-state index contributed by atoms with van der Waals surface area (Å²) in [7, 11) is 1.16. The molecule has 132 valence electrons. The van der Waals surface area contributed by atoms with E-state index in [4.69, 9.17) is 0 Å². The summed E-state index contributed by atoms with van der Waals surface area (Å²) in [5, 5.41) is 13.6. The molecule has 9 nitrogen and oxygen atoms in total. The number of methoxy groups -OCH3 is 1. The van der Waals surface area contributed by atoms with E-state index in [0.29, 0.717) is 5.82 Å². The Balaban J connectivity index is 1.81. The van der Waals surface area contributed by atoms with Crippen LogP contribution in [0.3, 0.4) is 0 Å². The number of rotatable bonds is 5. The molecule has 0 saturated carbocycles. The number of aromatic amines is 1. The molecule has 0 aliphatic rings. The molecule has 26 heavy (non-hydrogen) atoms. The third-order valence-electron chi connectivity index (χ3n) is 3.67. The van der Waals surface area contributed by atoms with Gasteiger partial charge in [0, 0.05) is 17.7 Å². The maximum atomic E-state index is 12.3. The van der Waals surface area contributed by atoms with Crippen LogP contribution in [0.25, 0.3) is 11.0 Å². The summed E-state index contributed by atoms with van der Waals surface area (Å²) >= 11 is 0. The Morgan fingerprint density at radius 3 is 2.65 bits per heavy atom. The second kappa shape index (κ2) is 7.01. The van der Waals surface area contributed by atoms with E-state index in [2.05, 4.69) is 20.0 Å². The zero-order chi connectivity index (χ0) is 18.7. The third-order valence-corrected chi connectivity index (χ3v) is 3.67. The molecular formula is C17H14N4O5. The number of nitro benzene ring substituents is 1. The highest BCUT2D eigenvalue weighted by Crippen LogP contribution is 2.18. The highest BCUT2D eigenvalue weighted by molar-refractivity contribution is 5.98. The predicted molar refractivity (Wildman–Crippen MR) is 91.7 cm³/mol. The van der Waals surface area contributed by atoms with Crippen molar-refractivity contribution < 1.29 is 19.2 Å². The largest absolute Gasteiger partial charge is 0.465 e. The number of para-hydroxylation sites is 2. The maximum Gasteiger partial charge on any atom is 0.338 e. The van der Waals surface area contributed by atoms with E-state index in [9.17, 15) is 19.7 Å². The quantitative estimate of drug-likeness (QED) is 0.411. The SMILES string of the molecule is COC(=O)c1cc(C(=O)NCc2nc3ccccc3[nH]2)cc([N+](=O)[O-])c1. The Hall–Kier alpha value is -3.75. The second-order valence-electron chi connectivity index (χ2n) is 5.40. The van der Waals surface area contributed by atoms with Crippen LogP contribution in [0.4, 0.5) is 5.69 Å². The number of aromatic nitrogens is 2. The van der Waals surface area contributed by atoms with Crippen molar-refractivity contribution in [3.63, 3.8) is 0 Å². The molecule has 3 rings (SSSR count). The number of nitro groups is 1. The van der Waals surface area contributed by atoms with Crippen LogP contribution in [-0.2, 0) is 11.3 Å². The van der Waals surface area contributed by atoms with Gasteiger partial charge in [-0.3, -0.25) is 14.9 Å². The number of fused-ring (bicyclic) bond motifs is 1. The van der Waals surface area contributed by atoms with E-state index in [1.807, 2.05) is 24.3 Å². The fourth-order valence-electron chi connectivity index (χ4n) is 2.44. The number of esters is 1. The molecule has 2 N–H and O–H groups in total. The molecule has 3 aromatic rings. The van der Waals surface area contributed by atoms with Gasteiger partial charge in [0.05, 0.1) is 35.2 Å². The number of non-ortho nitro benzene ring substituents is 1. The van der Waals surface area contributed by atoms with Crippen LogP contribution >= 0.6 is 0 Å². The van der Waals surface area contributed by atoms with E-state index < -0.39 is 16.8 Å². The van der Waals surface area contributed by atoms with Crippen molar-refractivity contribution in [1.29, 1.82) is 0 Å². The van der Waals surface area contributed by atoms with Gasteiger partial charge in [0.1, 0.15) is 5.82 Å². The van der Waals surface area contributed by atoms with Crippen LogP contribution in [0.2, 0.25) is 0 Å². The van der Waals surface area contributed by atoms with Crippen molar-refractivity contribution in [2.24, 2.45) is 0 Å². The summed E-state index contributed by atoms with van der Waals surface area (Å²) in [4.78, 5) is 41.7. The van der Waals surface area contributed by atoms with Crippen LogP contribution in [0, 0.1) is 10.1 Å². The van der Waals surface area contributed by atoms with Crippen LogP contribution in [0.1, 0.15) is 26.5 Å². The van der Waals surface area contributed by atoms with Gasteiger partial charge in [-0.15, -0.1) is 0 Å². The molecule has 0 saturated heterocycles. The summed E-state index contributed by atoms with van der Waals surface area (Å²) in [6, 6.07) is 10.8. The molecule has 1 heterocycles. The van der Waals surface area contributed by atoms with Gasteiger partial charge in [0.2, 0.25) is 0 Å². The Morgan fingerprint density at radius 1 is 1.23 bits per heavy atom. The average Bonchev–Trinajstić information content (AvgIpc) is 3.07. The van der Waals surface area contributed by atoms with Crippen LogP contribution in [-0.4, -0.2) is 33.9 Å². The second-order valence-corrected chi connectivity index (χ2v) is 5.40. The molecule has 0 aliphatic heterocycles. The Bertz CT molecular complexity index is 978. The van der Waals surface area contributed by atoms with Gasteiger partial charge >= 0.3 is 5.97 Å². The molecule has 0 unspecified atom stereocenters. The van der Waals surface area contributed by atoms with Gasteiger partial charge in [-0.1, -0.05) is 12.1 Å². The number of ether oxygens (including phenoxy) is 1. The number of nitrogens with zero attached hydrogens (tertiary/aromatic N) is 2. The Kier molecular flexibility index (Phi) is 4.61. The van der Waals surface area contributed by atoms with Crippen LogP contribution in [0.15, 0.2) is 42.5 Å². The molecule has 0 spiro atoms. The minimum atomic E-state index is -0.764. The smallest absolute Gasteiger partial charge is 0.338 e. The van der Waals surface area contributed by atoms with Crippen molar-refractivity contribution in [1.82, 2.24) is 15.3 Å². The molecule has 0 bridgehead atoms. The highest BCUT2D eigenvalue weighted by atomic mass is 16.6. The first-order chi connectivity index (χ1) is 12.5. The first-order valence-corrected chi connectivity index (χ1v) is 7.57. The molecular weight excluding hydrogens is 340 g/mol. The molecule has 2 aromatic carbocycles. The normalized spacial score (nSPS) is 10.5. The van der Waals surface area contributed by atoms with Crippen molar-refractivity contribution in [2.45, 2.75) is 6.54 Å². The number of benzene rings is 2. The van der Waals surface area contributed by atoms with Crippen molar-refractivity contribution in [2.75, 3.05) is 7.11 Å². The molecule has 0 atom stereocenters. The maximum absolute atomic E-state index is 12.3. The molecule has 9 heteroatoms. The standard InChI is InChI=1S/C17H14N4O5/c1-26-17(23)11-6-10(7-12(8-11)21(24)25)16(22)18-9-15-19-13-4-2-3-5-14(13)20-15/h2-8H,9H2,1H3,(H,18,22)(H,19,20). The lowest BCUT2D eigenvalue weighted by Gasteiger charge is -2.06. The summed E-state index contributed by atoms with van der Waals surface area (Å²) in [6.07, 6.45) is 0. The number of imidazole rings is 1. The first-order valence-electron chi connectivity index (χ1n) is 7.57. The van der Waals surface area contributed by atoms with Gasteiger partial charge in [-0.25, -0.2) is 9.78 Å². The minimum Gasteiger partial charge on any atom is -0.465 e. The van der Waals surface area contributed by atoms with Gasteiger partial charge in [0.25, 0.3) is 11.6 Å². The summed E-state index contributed by atoms with van der Waals surface area (Å²) < 4.78 is 4.56. The van der Waals surface area contributed by atoms with Gasteiger partial charge < -0.3 is 15.0 Å².